The second kappa shape index (κ2) is 6.09. The first-order valence-corrected chi connectivity index (χ1v) is 8.18. The first-order valence-electron chi connectivity index (χ1n) is 7.13. The Morgan fingerprint density at radius 1 is 1.32 bits per heavy atom. The van der Waals surface area contributed by atoms with E-state index in [1.165, 1.54) is 32.1 Å². The second-order valence-corrected chi connectivity index (χ2v) is 6.60. The molecule has 0 saturated heterocycles. The number of aromatic amines is 1. The Hall–Kier alpha value is -0.810. The quantitative estimate of drug-likeness (QED) is 0.924. The fraction of sp³-hybridized carbons (Fsp3) is 0.714. The number of ether oxygens (including phenoxy) is 1. The predicted octanol–water partition coefficient (Wildman–Crippen LogP) is 2.41. The standard InChI is InChI=1S/C14H20N2O2S/c17-14-11-8-18-7-6-12(11)15-13(16-14)9-19-10-4-2-1-3-5-10/h10H,1-9H2,(H,15,16,17). The van der Waals surface area contributed by atoms with E-state index in [1.54, 1.807) is 0 Å². The van der Waals surface area contributed by atoms with Crippen molar-refractivity contribution < 1.29 is 4.74 Å². The first kappa shape index (κ1) is 13.2. The van der Waals surface area contributed by atoms with Crippen molar-refractivity contribution in [2.45, 2.75) is 56.1 Å². The summed E-state index contributed by atoms with van der Waals surface area (Å²) in [6, 6.07) is 0. The van der Waals surface area contributed by atoms with E-state index in [-0.39, 0.29) is 5.56 Å². The molecule has 0 bridgehead atoms. The molecule has 2 aliphatic rings. The van der Waals surface area contributed by atoms with Crippen LogP contribution in [0.15, 0.2) is 4.79 Å². The summed E-state index contributed by atoms with van der Waals surface area (Å²) in [6.07, 6.45) is 7.47. The minimum Gasteiger partial charge on any atom is -0.376 e. The van der Waals surface area contributed by atoms with Crippen LogP contribution in [0.1, 0.15) is 49.2 Å². The topological polar surface area (TPSA) is 55.0 Å². The minimum absolute atomic E-state index is 0.0102. The number of aromatic nitrogens is 2. The lowest BCUT2D eigenvalue weighted by Crippen LogP contribution is -2.25. The fourth-order valence-corrected chi connectivity index (χ4v) is 3.99. The average Bonchev–Trinajstić information content (AvgIpc) is 2.46. The van der Waals surface area contributed by atoms with Crippen LogP contribution in [0.3, 0.4) is 0 Å². The molecule has 0 atom stereocenters. The molecule has 1 saturated carbocycles. The molecule has 1 N–H and O–H groups in total. The molecule has 19 heavy (non-hydrogen) atoms. The third-order valence-corrected chi connectivity index (χ3v) is 5.27. The second-order valence-electron chi connectivity index (χ2n) is 5.31. The number of hydrogen-bond acceptors (Lipinski definition) is 4. The van der Waals surface area contributed by atoms with E-state index in [9.17, 15) is 4.79 Å². The summed E-state index contributed by atoms with van der Waals surface area (Å²) in [5.41, 5.74) is 1.65. The van der Waals surface area contributed by atoms with Crippen molar-refractivity contribution in [3.05, 3.63) is 27.4 Å². The van der Waals surface area contributed by atoms with E-state index < -0.39 is 0 Å². The van der Waals surface area contributed by atoms with Crippen LogP contribution in [0, 0.1) is 0 Å². The van der Waals surface area contributed by atoms with Crippen molar-refractivity contribution in [1.82, 2.24) is 9.97 Å². The summed E-state index contributed by atoms with van der Waals surface area (Å²) in [5.74, 6) is 1.66. The Morgan fingerprint density at radius 3 is 3.00 bits per heavy atom. The van der Waals surface area contributed by atoms with Gasteiger partial charge in [-0.1, -0.05) is 19.3 Å². The van der Waals surface area contributed by atoms with E-state index in [0.29, 0.717) is 13.2 Å². The fourth-order valence-electron chi connectivity index (χ4n) is 2.79. The van der Waals surface area contributed by atoms with Gasteiger partial charge in [0, 0.05) is 11.7 Å². The summed E-state index contributed by atoms with van der Waals surface area (Å²) in [7, 11) is 0. The molecule has 0 radical (unpaired) electrons. The Kier molecular flexibility index (Phi) is 4.23. The van der Waals surface area contributed by atoms with Gasteiger partial charge in [-0.3, -0.25) is 4.79 Å². The van der Waals surface area contributed by atoms with Crippen LogP contribution < -0.4 is 5.56 Å². The van der Waals surface area contributed by atoms with E-state index in [0.717, 1.165) is 34.5 Å². The molecule has 1 aliphatic carbocycles. The lowest BCUT2D eigenvalue weighted by atomic mass is 10.0. The molecule has 104 valence electrons. The molecule has 1 aliphatic heterocycles. The smallest absolute Gasteiger partial charge is 0.256 e. The van der Waals surface area contributed by atoms with Crippen molar-refractivity contribution in [1.29, 1.82) is 0 Å². The number of rotatable bonds is 3. The van der Waals surface area contributed by atoms with Gasteiger partial charge in [0.05, 0.1) is 30.2 Å². The predicted molar refractivity (Wildman–Crippen MR) is 76.4 cm³/mol. The third-order valence-electron chi connectivity index (χ3n) is 3.89. The number of hydrogen-bond donors (Lipinski definition) is 1. The highest BCUT2D eigenvalue weighted by Crippen LogP contribution is 2.29. The van der Waals surface area contributed by atoms with Gasteiger partial charge in [0.1, 0.15) is 5.82 Å². The van der Waals surface area contributed by atoms with Crippen LogP contribution >= 0.6 is 11.8 Å². The molecule has 1 aromatic heterocycles. The van der Waals surface area contributed by atoms with Crippen LogP contribution in [0.25, 0.3) is 0 Å². The molecule has 1 fully saturated rings. The highest BCUT2D eigenvalue weighted by Gasteiger charge is 2.18. The SMILES string of the molecule is O=c1[nH]c(CSC2CCCCC2)nc2c1COCC2. The molecule has 0 aromatic carbocycles. The molecule has 2 heterocycles. The molecule has 0 unspecified atom stereocenters. The zero-order valence-corrected chi connectivity index (χ0v) is 11.9. The Labute approximate surface area is 117 Å². The number of nitrogens with zero attached hydrogens (tertiary/aromatic N) is 1. The number of nitrogens with one attached hydrogen (secondary N) is 1. The zero-order chi connectivity index (χ0) is 13.1. The first-order chi connectivity index (χ1) is 9.33. The number of H-pyrrole nitrogens is 1. The van der Waals surface area contributed by atoms with Gasteiger partial charge in [0.15, 0.2) is 0 Å². The van der Waals surface area contributed by atoms with Crippen molar-refractivity contribution in [2.24, 2.45) is 0 Å². The van der Waals surface area contributed by atoms with Crippen LogP contribution in [-0.4, -0.2) is 21.8 Å². The summed E-state index contributed by atoms with van der Waals surface area (Å²) in [4.78, 5) is 19.5. The van der Waals surface area contributed by atoms with Gasteiger partial charge in [-0.15, -0.1) is 0 Å². The third kappa shape index (κ3) is 3.20. The van der Waals surface area contributed by atoms with E-state index in [2.05, 4.69) is 9.97 Å². The van der Waals surface area contributed by atoms with Crippen LogP contribution in [0.5, 0.6) is 0 Å². The Balaban J connectivity index is 1.67. The lowest BCUT2D eigenvalue weighted by Gasteiger charge is -2.21. The maximum absolute atomic E-state index is 12.0. The Morgan fingerprint density at radius 2 is 2.16 bits per heavy atom. The molecule has 1 aromatic rings. The van der Waals surface area contributed by atoms with Gasteiger partial charge in [-0.25, -0.2) is 4.98 Å². The van der Waals surface area contributed by atoms with Gasteiger partial charge < -0.3 is 9.72 Å². The highest BCUT2D eigenvalue weighted by molar-refractivity contribution is 7.99. The summed E-state index contributed by atoms with van der Waals surface area (Å²) < 4.78 is 5.31. The largest absolute Gasteiger partial charge is 0.376 e. The summed E-state index contributed by atoms with van der Waals surface area (Å²) >= 11 is 1.95. The van der Waals surface area contributed by atoms with E-state index in [4.69, 9.17) is 4.74 Å². The maximum atomic E-state index is 12.0. The minimum atomic E-state index is -0.0102. The number of thioether (sulfide) groups is 1. The van der Waals surface area contributed by atoms with Gasteiger partial charge in [-0.05, 0) is 12.8 Å². The van der Waals surface area contributed by atoms with Crippen molar-refractivity contribution in [3.63, 3.8) is 0 Å². The van der Waals surface area contributed by atoms with Gasteiger partial charge in [0.2, 0.25) is 0 Å². The lowest BCUT2D eigenvalue weighted by molar-refractivity contribution is 0.108. The Bertz CT molecular complexity index is 495. The highest BCUT2D eigenvalue weighted by atomic mass is 32.2. The van der Waals surface area contributed by atoms with Crippen molar-refractivity contribution in [3.8, 4) is 0 Å². The monoisotopic (exact) mass is 280 g/mol. The normalized spacial score (nSPS) is 20.2. The van der Waals surface area contributed by atoms with Crippen LogP contribution in [0.2, 0.25) is 0 Å². The molecule has 4 nitrogen and oxygen atoms in total. The maximum Gasteiger partial charge on any atom is 0.256 e. The molecule has 0 spiro atoms. The van der Waals surface area contributed by atoms with Crippen LogP contribution in [-0.2, 0) is 23.5 Å². The summed E-state index contributed by atoms with van der Waals surface area (Å²) in [6.45, 7) is 1.09. The van der Waals surface area contributed by atoms with Gasteiger partial charge >= 0.3 is 0 Å². The average molecular weight is 280 g/mol. The van der Waals surface area contributed by atoms with Crippen LogP contribution in [0.4, 0.5) is 0 Å². The van der Waals surface area contributed by atoms with Crippen molar-refractivity contribution >= 4 is 11.8 Å². The van der Waals surface area contributed by atoms with E-state index >= 15 is 0 Å². The van der Waals surface area contributed by atoms with Gasteiger partial charge in [0.25, 0.3) is 5.56 Å². The zero-order valence-electron chi connectivity index (χ0n) is 11.1. The summed E-state index contributed by atoms with van der Waals surface area (Å²) in [5, 5.41) is 0.749. The molecular weight excluding hydrogens is 260 g/mol. The van der Waals surface area contributed by atoms with Gasteiger partial charge in [-0.2, -0.15) is 11.8 Å². The van der Waals surface area contributed by atoms with E-state index in [1.807, 2.05) is 11.8 Å². The molecule has 5 heteroatoms. The number of fused-ring (bicyclic) bond motifs is 1. The molecule has 3 rings (SSSR count). The molecular formula is C14H20N2O2S. The molecule has 0 amide bonds. The van der Waals surface area contributed by atoms with Crippen molar-refractivity contribution in [2.75, 3.05) is 6.61 Å².